The minimum atomic E-state index is -0.693. The van der Waals surface area contributed by atoms with E-state index in [0.29, 0.717) is 43.1 Å². The van der Waals surface area contributed by atoms with Gasteiger partial charge in [-0.3, -0.25) is 9.59 Å². The second-order valence-electron chi connectivity index (χ2n) is 6.14. The average molecular weight is 382 g/mol. The van der Waals surface area contributed by atoms with E-state index in [1.54, 1.807) is 43.0 Å². The highest BCUT2D eigenvalue weighted by atomic mass is 35.5. The normalized spacial score (nSPS) is 15.9. The summed E-state index contributed by atoms with van der Waals surface area (Å²) >= 11 is 6.00. The highest BCUT2D eigenvalue weighted by molar-refractivity contribution is 6.33. The minimum absolute atomic E-state index is 0.0344. The summed E-state index contributed by atoms with van der Waals surface area (Å²) in [6.07, 6.45) is 0.975. The van der Waals surface area contributed by atoms with Gasteiger partial charge in [0, 0.05) is 19.1 Å². The van der Waals surface area contributed by atoms with E-state index in [2.05, 4.69) is 10.6 Å². The van der Waals surface area contributed by atoms with Crippen LogP contribution < -0.4 is 10.6 Å². The van der Waals surface area contributed by atoms with Gasteiger partial charge in [-0.15, -0.1) is 0 Å². The fraction of sp³-hybridized carbons (Fsp3) is 0.500. The highest BCUT2D eigenvalue weighted by Gasteiger charge is 2.26. The number of rotatable bonds is 5. The van der Waals surface area contributed by atoms with Gasteiger partial charge < -0.3 is 20.3 Å². The van der Waals surface area contributed by atoms with Crippen LogP contribution >= 0.6 is 11.6 Å². The molecular formula is C18H24ClN3O4. The number of hydrogen-bond donors (Lipinski definition) is 2. The molecule has 1 aromatic carbocycles. The van der Waals surface area contributed by atoms with Crippen molar-refractivity contribution in [3.63, 3.8) is 0 Å². The predicted octanol–water partition coefficient (Wildman–Crippen LogP) is 2.20. The molecule has 8 heteroatoms. The molecule has 1 heterocycles. The number of carbonyl (C=O) groups excluding carboxylic acids is 3. The van der Waals surface area contributed by atoms with E-state index >= 15 is 0 Å². The van der Waals surface area contributed by atoms with E-state index in [9.17, 15) is 14.4 Å². The Hall–Kier alpha value is -2.28. The highest BCUT2D eigenvalue weighted by Crippen LogP contribution is 2.15. The molecule has 26 heavy (non-hydrogen) atoms. The Morgan fingerprint density at radius 3 is 2.54 bits per heavy atom. The fourth-order valence-corrected chi connectivity index (χ4v) is 2.95. The summed E-state index contributed by atoms with van der Waals surface area (Å²) in [5.41, 5.74) is 0.330. The van der Waals surface area contributed by atoms with Crippen molar-refractivity contribution >= 4 is 29.5 Å². The van der Waals surface area contributed by atoms with Gasteiger partial charge in [-0.25, -0.2) is 4.79 Å². The van der Waals surface area contributed by atoms with Gasteiger partial charge in [0.2, 0.25) is 5.91 Å². The summed E-state index contributed by atoms with van der Waals surface area (Å²) in [5.74, 6) is -0.657. The first-order valence-corrected chi connectivity index (χ1v) is 9.07. The molecule has 1 aliphatic heterocycles. The van der Waals surface area contributed by atoms with E-state index in [4.69, 9.17) is 16.3 Å². The number of hydrogen-bond acceptors (Lipinski definition) is 4. The molecule has 0 bridgehead atoms. The number of carbonyl (C=O) groups is 3. The summed E-state index contributed by atoms with van der Waals surface area (Å²) in [6, 6.07) is 5.95. The van der Waals surface area contributed by atoms with Crippen molar-refractivity contribution in [3.8, 4) is 0 Å². The molecular weight excluding hydrogens is 358 g/mol. The summed E-state index contributed by atoms with van der Waals surface area (Å²) in [4.78, 5) is 37.8. The lowest BCUT2D eigenvalue weighted by Crippen LogP contribution is -2.51. The Morgan fingerprint density at radius 2 is 1.92 bits per heavy atom. The maximum atomic E-state index is 12.3. The van der Waals surface area contributed by atoms with Crippen LogP contribution in [0.1, 0.15) is 37.0 Å². The van der Waals surface area contributed by atoms with Gasteiger partial charge in [-0.1, -0.05) is 23.7 Å². The predicted molar refractivity (Wildman–Crippen MR) is 98.1 cm³/mol. The number of piperidine rings is 1. The first kappa shape index (κ1) is 20.0. The van der Waals surface area contributed by atoms with Crippen LogP contribution in [-0.2, 0) is 9.53 Å². The average Bonchev–Trinajstić information content (AvgIpc) is 2.62. The Labute approximate surface area is 158 Å². The van der Waals surface area contributed by atoms with Gasteiger partial charge in [-0.2, -0.15) is 0 Å². The van der Waals surface area contributed by atoms with Crippen molar-refractivity contribution in [2.45, 2.75) is 38.8 Å². The number of nitrogens with zero attached hydrogens (tertiary/aromatic N) is 1. The van der Waals surface area contributed by atoms with Crippen LogP contribution in [0, 0.1) is 0 Å². The zero-order chi connectivity index (χ0) is 19.1. The van der Waals surface area contributed by atoms with Gasteiger partial charge >= 0.3 is 6.09 Å². The molecule has 0 unspecified atom stereocenters. The molecule has 1 saturated heterocycles. The second-order valence-corrected chi connectivity index (χ2v) is 6.55. The van der Waals surface area contributed by atoms with Crippen molar-refractivity contribution in [2.75, 3.05) is 19.7 Å². The summed E-state index contributed by atoms with van der Waals surface area (Å²) in [7, 11) is 0. The lowest BCUT2D eigenvalue weighted by atomic mass is 10.0. The van der Waals surface area contributed by atoms with Crippen molar-refractivity contribution in [1.29, 1.82) is 0 Å². The second kappa shape index (κ2) is 9.43. The van der Waals surface area contributed by atoms with Gasteiger partial charge in [0.25, 0.3) is 5.91 Å². The van der Waals surface area contributed by atoms with Gasteiger partial charge in [0.15, 0.2) is 0 Å². The van der Waals surface area contributed by atoms with Gasteiger partial charge in [0.05, 0.1) is 17.2 Å². The molecule has 0 saturated carbocycles. The maximum Gasteiger partial charge on any atom is 0.409 e. The molecule has 0 radical (unpaired) electrons. The number of ether oxygens (including phenoxy) is 1. The molecule has 1 aliphatic rings. The fourth-order valence-electron chi connectivity index (χ4n) is 2.73. The number of nitrogens with one attached hydrogen (secondary N) is 2. The third-order valence-corrected chi connectivity index (χ3v) is 4.56. The maximum absolute atomic E-state index is 12.3. The monoisotopic (exact) mass is 381 g/mol. The van der Waals surface area contributed by atoms with Gasteiger partial charge in [0.1, 0.15) is 6.04 Å². The van der Waals surface area contributed by atoms with Crippen molar-refractivity contribution in [3.05, 3.63) is 34.9 Å². The molecule has 0 aromatic heterocycles. The van der Waals surface area contributed by atoms with E-state index < -0.39 is 11.9 Å². The van der Waals surface area contributed by atoms with Crippen LogP contribution in [0.3, 0.4) is 0 Å². The molecule has 0 spiro atoms. The molecule has 142 valence electrons. The lowest BCUT2D eigenvalue weighted by molar-refractivity contribution is -0.123. The Kier molecular flexibility index (Phi) is 7.26. The summed E-state index contributed by atoms with van der Waals surface area (Å²) in [5, 5.41) is 5.90. The van der Waals surface area contributed by atoms with Crippen molar-refractivity contribution in [1.82, 2.24) is 15.5 Å². The molecule has 1 fully saturated rings. The molecule has 3 amide bonds. The zero-order valence-electron chi connectivity index (χ0n) is 15.0. The smallest absolute Gasteiger partial charge is 0.409 e. The lowest BCUT2D eigenvalue weighted by Gasteiger charge is -2.32. The van der Waals surface area contributed by atoms with Crippen LogP contribution in [0.25, 0.3) is 0 Å². The Bertz CT molecular complexity index is 660. The minimum Gasteiger partial charge on any atom is -0.450 e. The quantitative estimate of drug-likeness (QED) is 0.818. The van der Waals surface area contributed by atoms with Crippen LogP contribution in [0.2, 0.25) is 5.02 Å². The molecule has 7 nitrogen and oxygen atoms in total. The first-order valence-electron chi connectivity index (χ1n) is 8.69. The van der Waals surface area contributed by atoms with Crippen LogP contribution in [0.4, 0.5) is 4.79 Å². The number of benzene rings is 1. The number of amides is 3. The number of likely N-dealkylation sites (tertiary alicyclic amines) is 1. The standard InChI is InChI=1S/C18H24ClN3O4/c1-3-26-18(25)22-10-8-13(9-11-22)21-16(23)12(2)20-17(24)14-6-4-5-7-15(14)19/h4-7,12-13H,3,8-11H2,1-2H3,(H,20,24)(H,21,23)/t12-/m0/s1. The first-order chi connectivity index (χ1) is 12.4. The van der Waals surface area contributed by atoms with Crippen LogP contribution in [0.5, 0.6) is 0 Å². The van der Waals surface area contributed by atoms with Crippen LogP contribution in [-0.4, -0.2) is 54.6 Å². The molecule has 2 rings (SSSR count). The van der Waals surface area contributed by atoms with E-state index in [1.165, 1.54) is 0 Å². The topological polar surface area (TPSA) is 87.7 Å². The SMILES string of the molecule is CCOC(=O)N1CCC(NC(=O)[C@H](C)NC(=O)c2ccccc2Cl)CC1. The van der Waals surface area contributed by atoms with E-state index in [-0.39, 0.29) is 18.0 Å². The molecule has 1 aromatic rings. The number of halogens is 1. The largest absolute Gasteiger partial charge is 0.450 e. The molecule has 0 aliphatic carbocycles. The van der Waals surface area contributed by atoms with Crippen molar-refractivity contribution < 1.29 is 19.1 Å². The Balaban J connectivity index is 1.80. The van der Waals surface area contributed by atoms with Crippen LogP contribution in [0.15, 0.2) is 24.3 Å². The summed E-state index contributed by atoms with van der Waals surface area (Å²) < 4.78 is 4.97. The molecule has 2 N–H and O–H groups in total. The van der Waals surface area contributed by atoms with E-state index in [1.807, 2.05) is 0 Å². The van der Waals surface area contributed by atoms with Gasteiger partial charge in [-0.05, 0) is 38.8 Å². The summed E-state index contributed by atoms with van der Waals surface area (Å²) in [6.45, 7) is 4.80. The van der Waals surface area contributed by atoms with Crippen molar-refractivity contribution in [2.24, 2.45) is 0 Å². The van der Waals surface area contributed by atoms with E-state index in [0.717, 1.165) is 0 Å². The zero-order valence-corrected chi connectivity index (χ0v) is 15.7. The third kappa shape index (κ3) is 5.36. The molecule has 1 atom stereocenters. The Morgan fingerprint density at radius 1 is 1.27 bits per heavy atom. The third-order valence-electron chi connectivity index (χ3n) is 4.23.